The maximum Gasteiger partial charge on any atom is 0.140 e. The van der Waals surface area contributed by atoms with Crippen LogP contribution in [0.15, 0.2) is 35.0 Å². The molecule has 3 aliphatic rings. The van der Waals surface area contributed by atoms with Crippen molar-refractivity contribution in [3.05, 3.63) is 41.1 Å². The molecule has 0 bridgehead atoms. The Morgan fingerprint density at radius 1 is 1.35 bits per heavy atom. The van der Waals surface area contributed by atoms with Gasteiger partial charge in [-0.3, -0.25) is 9.89 Å². The molecule has 3 aliphatic heterocycles. The van der Waals surface area contributed by atoms with Crippen LogP contribution in [0.5, 0.6) is 5.75 Å². The number of nitriles is 1. The largest absolute Gasteiger partial charge is 0.491 e. The first-order valence-corrected chi connectivity index (χ1v) is 8.10. The van der Waals surface area contributed by atoms with Crippen molar-refractivity contribution < 1.29 is 4.74 Å². The predicted molar refractivity (Wildman–Crippen MR) is 88.3 cm³/mol. The molecule has 1 fully saturated rings. The number of para-hydroxylation sites is 1. The van der Waals surface area contributed by atoms with Crippen molar-refractivity contribution >= 4 is 6.21 Å². The van der Waals surface area contributed by atoms with Gasteiger partial charge in [0, 0.05) is 42.4 Å². The maximum absolute atomic E-state index is 9.25. The number of hydrogen-bond donors (Lipinski definition) is 1. The standard InChI is InChI=1S/C18H20N4O/c19-11-13-2-1-3-15-17(13)23-12-18(15)5-8-22(9-6-18)16-10-14(20)4-7-21-16/h1-4,7,16H,5-6,8-10,12,20H2. The van der Waals surface area contributed by atoms with Crippen LogP contribution in [0.2, 0.25) is 0 Å². The minimum absolute atomic E-state index is 0.0540. The summed E-state index contributed by atoms with van der Waals surface area (Å²) in [6.45, 7) is 2.65. The smallest absolute Gasteiger partial charge is 0.140 e. The normalized spacial score (nSPS) is 25.5. The summed E-state index contributed by atoms with van der Waals surface area (Å²) in [4.78, 5) is 6.97. The van der Waals surface area contributed by atoms with E-state index in [4.69, 9.17) is 10.5 Å². The van der Waals surface area contributed by atoms with Gasteiger partial charge in [-0.1, -0.05) is 12.1 Å². The minimum Gasteiger partial charge on any atom is -0.491 e. The number of piperidine rings is 1. The van der Waals surface area contributed by atoms with Crippen LogP contribution >= 0.6 is 0 Å². The number of fused-ring (bicyclic) bond motifs is 2. The monoisotopic (exact) mass is 308 g/mol. The van der Waals surface area contributed by atoms with Crippen LogP contribution in [-0.4, -0.2) is 37.0 Å². The summed E-state index contributed by atoms with van der Waals surface area (Å²) in [5, 5.41) is 9.25. The molecule has 0 saturated carbocycles. The lowest BCUT2D eigenvalue weighted by molar-refractivity contribution is 0.102. The molecule has 0 amide bonds. The molecule has 1 spiro atoms. The van der Waals surface area contributed by atoms with Gasteiger partial charge in [0.05, 0.1) is 12.2 Å². The molecule has 0 aromatic heterocycles. The van der Waals surface area contributed by atoms with Gasteiger partial charge in [-0.15, -0.1) is 0 Å². The molecule has 1 saturated heterocycles. The molecule has 1 aromatic carbocycles. The van der Waals surface area contributed by atoms with Crippen molar-refractivity contribution in [2.45, 2.75) is 30.8 Å². The Kier molecular flexibility index (Phi) is 3.35. The first kappa shape index (κ1) is 14.3. The first-order chi connectivity index (χ1) is 11.2. The van der Waals surface area contributed by atoms with Gasteiger partial charge in [-0.25, -0.2) is 0 Å². The molecule has 2 N–H and O–H groups in total. The van der Waals surface area contributed by atoms with Gasteiger partial charge in [-0.05, 0) is 25.0 Å². The fourth-order valence-corrected chi connectivity index (χ4v) is 3.94. The molecule has 118 valence electrons. The molecule has 1 unspecified atom stereocenters. The topological polar surface area (TPSA) is 74.6 Å². The number of nitrogens with two attached hydrogens (primary N) is 1. The van der Waals surface area contributed by atoms with E-state index < -0.39 is 0 Å². The quantitative estimate of drug-likeness (QED) is 0.860. The van der Waals surface area contributed by atoms with Crippen LogP contribution < -0.4 is 10.5 Å². The predicted octanol–water partition coefficient (Wildman–Crippen LogP) is 1.93. The van der Waals surface area contributed by atoms with Gasteiger partial charge >= 0.3 is 0 Å². The van der Waals surface area contributed by atoms with Crippen LogP contribution in [0.25, 0.3) is 0 Å². The van der Waals surface area contributed by atoms with E-state index in [0.717, 1.165) is 43.8 Å². The summed E-state index contributed by atoms with van der Waals surface area (Å²) in [5.74, 6) is 0.798. The average Bonchev–Trinajstić information content (AvgIpc) is 2.94. The highest BCUT2D eigenvalue weighted by atomic mass is 16.5. The van der Waals surface area contributed by atoms with E-state index >= 15 is 0 Å². The highest BCUT2D eigenvalue weighted by Crippen LogP contribution is 2.47. The summed E-state index contributed by atoms with van der Waals surface area (Å²) in [6.07, 6.45) is 6.75. The van der Waals surface area contributed by atoms with E-state index in [1.54, 1.807) is 0 Å². The zero-order valence-corrected chi connectivity index (χ0v) is 13.0. The number of ether oxygens (including phenoxy) is 1. The molecule has 1 atom stereocenters. The number of benzene rings is 1. The molecule has 1 aromatic rings. The molecule has 5 heteroatoms. The molecule has 5 nitrogen and oxygen atoms in total. The Labute approximate surface area is 136 Å². The highest BCUT2D eigenvalue weighted by molar-refractivity contribution is 5.73. The number of allylic oxidation sites excluding steroid dienone is 1. The van der Waals surface area contributed by atoms with E-state index in [1.165, 1.54) is 5.56 Å². The van der Waals surface area contributed by atoms with E-state index in [0.29, 0.717) is 12.2 Å². The molecular weight excluding hydrogens is 288 g/mol. The van der Waals surface area contributed by atoms with Crippen molar-refractivity contribution in [3.8, 4) is 11.8 Å². The highest BCUT2D eigenvalue weighted by Gasteiger charge is 2.44. The Morgan fingerprint density at radius 2 is 2.17 bits per heavy atom. The molecule has 4 rings (SSSR count). The van der Waals surface area contributed by atoms with E-state index in [-0.39, 0.29) is 11.6 Å². The second-order valence-electron chi connectivity index (χ2n) is 6.62. The molecule has 3 heterocycles. The van der Waals surface area contributed by atoms with Crippen molar-refractivity contribution in [1.29, 1.82) is 5.26 Å². The molecule has 0 aliphatic carbocycles. The van der Waals surface area contributed by atoms with Crippen LogP contribution in [0.3, 0.4) is 0 Å². The summed E-state index contributed by atoms with van der Waals surface area (Å²) in [7, 11) is 0. The van der Waals surface area contributed by atoms with Crippen LogP contribution in [0, 0.1) is 11.3 Å². The van der Waals surface area contributed by atoms with Crippen LogP contribution in [-0.2, 0) is 5.41 Å². The van der Waals surface area contributed by atoms with E-state index in [2.05, 4.69) is 22.0 Å². The summed E-state index contributed by atoms with van der Waals surface area (Å²) >= 11 is 0. The number of hydrogen-bond acceptors (Lipinski definition) is 5. The number of rotatable bonds is 1. The van der Waals surface area contributed by atoms with Gasteiger partial charge in [-0.2, -0.15) is 5.26 Å². The number of nitrogens with zero attached hydrogens (tertiary/aromatic N) is 3. The fraction of sp³-hybridized carbons (Fsp3) is 0.444. The van der Waals surface area contributed by atoms with Gasteiger partial charge in [0.25, 0.3) is 0 Å². The van der Waals surface area contributed by atoms with E-state index in [1.807, 2.05) is 24.4 Å². The molecule has 0 radical (unpaired) electrons. The minimum atomic E-state index is 0.0540. The SMILES string of the molecule is N#Cc1cccc2c1OCC21CCN(C2CC(N)=CC=N2)CC1. The van der Waals surface area contributed by atoms with Crippen LogP contribution in [0.4, 0.5) is 0 Å². The lowest BCUT2D eigenvalue weighted by Crippen LogP contribution is -2.47. The second kappa shape index (κ2) is 5.39. The Bertz CT molecular complexity index is 723. The van der Waals surface area contributed by atoms with Crippen molar-refractivity contribution in [3.63, 3.8) is 0 Å². The van der Waals surface area contributed by atoms with Crippen molar-refractivity contribution in [1.82, 2.24) is 4.90 Å². The maximum atomic E-state index is 9.25. The fourth-order valence-electron chi connectivity index (χ4n) is 3.94. The third kappa shape index (κ3) is 2.30. The van der Waals surface area contributed by atoms with Gasteiger partial charge in [0.2, 0.25) is 0 Å². The summed E-state index contributed by atoms with van der Waals surface area (Å²) in [5.41, 5.74) is 8.75. The summed E-state index contributed by atoms with van der Waals surface area (Å²) in [6, 6.07) is 8.16. The van der Waals surface area contributed by atoms with E-state index in [9.17, 15) is 5.26 Å². The molecule has 23 heavy (non-hydrogen) atoms. The summed E-state index contributed by atoms with van der Waals surface area (Å²) < 4.78 is 5.91. The third-order valence-corrected chi connectivity index (χ3v) is 5.34. The van der Waals surface area contributed by atoms with Gasteiger partial charge < -0.3 is 10.5 Å². The number of aliphatic imine (C=N–C) groups is 1. The van der Waals surface area contributed by atoms with Gasteiger partial charge in [0.1, 0.15) is 18.0 Å². The van der Waals surface area contributed by atoms with Crippen molar-refractivity contribution in [2.75, 3.05) is 19.7 Å². The van der Waals surface area contributed by atoms with Crippen molar-refractivity contribution in [2.24, 2.45) is 10.7 Å². The molecular formula is C18H20N4O. The Hall–Kier alpha value is -2.32. The first-order valence-electron chi connectivity index (χ1n) is 8.10. The Balaban J connectivity index is 1.52. The number of dihydropyridines is 1. The lowest BCUT2D eigenvalue weighted by atomic mass is 9.74. The Morgan fingerprint density at radius 3 is 2.91 bits per heavy atom. The zero-order valence-electron chi connectivity index (χ0n) is 13.0. The second-order valence-corrected chi connectivity index (χ2v) is 6.62. The van der Waals surface area contributed by atoms with Crippen LogP contribution in [0.1, 0.15) is 30.4 Å². The van der Waals surface area contributed by atoms with Gasteiger partial charge in [0.15, 0.2) is 0 Å². The number of likely N-dealkylation sites (tertiary alicyclic amines) is 1. The average molecular weight is 308 g/mol. The third-order valence-electron chi connectivity index (χ3n) is 5.34. The lowest BCUT2D eigenvalue weighted by Gasteiger charge is -2.41. The zero-order chi connectivity index (χ0) is 15.9.